The van der Waals surface area contributed by atoms with E-state index in [4.69, 9.17) is 0 Å². The van der Waals surface area contributed by atoms with Gasteiger partial charge in [-0.3, -0.25) is 4.98 Å². The topological polar surface area (TPSA) is 38.0 Å². The summed E-state index contributed by atoms with van der Waals surface area (Å²) < 4.78 is 1.91. The summed E-state index contributed by atoms with van der Waals surface area (Å²) in [6, 6.07) is 16.6. The van der Waals surface area contributed by atoms with Gasteiger partial charge in [-0.2, -0.15) is 0 Å². The maximum Gasteiger partial charge on any atom is 0.199 e. The van der Waals surface area contributed by atoms with Crippen LogP contribution in [0.1, 0.15) is 16.7 Å². The molecule has 2 aromatic heterocycles. The van der Waals surface area contributed by atoms with Crippen LogP contribution in [-0.4, -0.2) is 14.7 Å². The van der Waals surface area contributed by atoms with E-state index in [0.717, 1.165) is 27.5 Å². The Morgan fingerprint density at radius 2 is 1.80 bits per heavy atom. The molecule has 0 aliphatic heterocycles. The van der Waals surface area contributed by atoms with E-state index in [-0.39, 0.29) is 0 Å². The molecular weight excluding hydrogens is 308 g/mol. The predicted octanol–water partition coefficient (Wildman–Crippen LogP) is 5.07. The third-order valence-electron chi connectivity index (χ3n) is 4.62. The van der Waals surface area contributed by atoms with Crippen LogP contribution in [0.2, 0.25) is 0 Å². The second-order valence-electron chi connectivity index (χ2n) is 6.57. The highest BCUT2D eigenvalue weighted by molar-refractivity contribution is 5.94. The van der Waals surface area contributed by atoms with Crippen molar-refractivity contribution in [2.75, 3.05) is 0 Å². The van der Waals surface area contributed by atoms with E-state index < -0.39 is 0 Å². The summed E-state index contributed by atoms with van der Waals surface area (Å²) in [5.41, 5.74) is 5.68. The molecule has 3 nitrogen and oxygen atoms in total. The number of pyridine rings is 1. The van der Waals surface area contributed by atoms with Crippen molar-refractivity contribution in [3.63, 3.8) is 0 Å². The second-order valence-corrected chi connectivity index (χ2v) is 6.57. The monoisotopic (exact) mass is 328 g/mol. The van der Waals surface area contributed by atoms with Crippen LogP contribution in [-0.2, 0) is 6.54 Å². The molecule has 2 aromatic carbocycles. The van der Waals surface area contributed by atoms with Gasteiger partial charge in [-0.05, 0) is 42.7 Å². The average Bonchev–Trinajstić information content (AvgIpc) is 2.94. The maximum atomic E-state index is 10.7. The number of fused-ring (bicyclic) bond motifs is 1. The van der Waals surface area contributed by atoms with Crippen LogP contribution in [0.3, 0.4) is 0 Å². The van der Waals surface area contributed by atoms with Crippen molar-refractivity contribution in [3.05, 3.63) is 83.8 Å². The number of nitrogens with zero attached hydrogens (tertiary/aromatic N) is 2. The summed E-state index contributed by atoms with van der Waals surface area (Å²) >= 11 is 0. The van der Waals surface area contributed by atoms with E-state index in [9.17, 15) is 5.11 Å². The first-order chi connectivity index (χ1) is 12.1. The van der Waals surface area contributed by atoms with E-state index in [1.165, 1.54) is 11.1 Å². The van der Waals surface area contributed by atoms with E-state index in [1.54, 1.807) is 6.20 Å². The Morgan fingerprint density at radius 3 is 2.52 bits per heavy atom. The Hall–Kier alpha value is -3.07. The van der Waals surface area contributed by atoms with Crippen molar-refractivity contribution in [2.24, 2.45) is 0 Å². The van der Waals surface area contributed by atoms with Gasteiger partial charge in [0.15, 0.2) is 5.88 Å². The third kappa shape index (κ3) is 2.89. The lowest BCUT2D eigenvalue weighted by Crippen LogP contribution is -1.97. The highest BCUT2D eigenvalue weighted by Crippen LogP contribution is 2.34. The van der Waals surface area contributed by atoms with Gasteiger partial charge in [0, 0.05) is 34.9 Å². The molecule has 3 heteroatoms. The van der Waals surface area contributed by atoms with Gasteiger partial charge >= 0.3 is 0 Å². The Morgan fingerprint density at radius 1 is 1.00 bits per heavy atom. The maximum absolute atomic E-state index is 10.7. The summed E-state index contributed by atoms with van der Waals surface area (Å²) in [6.07, 6.45) is 5.67. The quantitative estimate of drug-likeness (QED) is 0.570. The second kappa shape index (κ2) is 6.10. The molecule has 0 amide bonds. The number of aryl methyl sites for hydroxylation is 2. The molecule has 4 rings (SSSR count). The first kappa shape index (κ1) is 15.5. The molecule has 0 aliphatic rings. The zero-order valence-corrected chi connectivity index (χ0v) is 14.4. The van der Waals surface area contributed by atoms with Crippen molar-refractivity contribution in [1.82, 2.24) is 9.55 Å². The zero-order chi connectivity index (χ0) is 17.4. The van der Waals surface area contributed by atoms with Gasteiger partial charge in [0.1, 0.15) is 0 Å². The molecule has 4 aromatic rings. The molecule has 0 bridgehead atoms. The summed E-state index contributed by atoms with van der Waals surface area (Å²) in [6.45, 7) is 4.77. The van der Waals surface area contributed by atoms with Crippen molar-refractivity contribution in [1.29, 1.82) is 0 Å². The molecule has 2 heterocycles. The van der Waals surface area contributed by atoms with Gasteiger partial charge < -0.3 is 9.67 Å². The van der Waals surface area contributed by atoms with Crippen molar-refractivity contribution in [3.8, 4) is 17.0 Å². The molecule has 1 N–H and O–H groups in total. The average molecular weight is 328 g/mol. The molecule has 0 unspecified atom stereocenters. The van der Waals surface area contributed by atoms with Crippen LogP contribution < -0.4 is 0 Å². The molecule has 0 aliphatic carbocycles. The molecular formula is C22H20N2O. The molecule has 0 saturated heterocycles. The van der Waals surface area contributed by atoms with Crippen LogP contribution in [0, 0.1) is 13.8 Å². The minimum atomic E-state index is 0.325. The first-order valence-corrected chi connectivity index (χ1v) is 8.40. The highest BCUT2D eigenvalue weighted by Gasteiger charge is 2.13. The van der Waals surface area contributed by atoms with E-state index in [2.05, 4.69) is 54.4 Å². The van der Waals surface area contributed by atoms with Gasteiger partial charge in [-0.1, -0.05) is 42.0 Å². The third-order valence-corrected chi connectivity index (χ3v) is 4.62. The standard InChI is InChI=1S/C22H20N2O/c1-15-5-7-17(8-6-15)13-24-14-20-11-19(18-4-3-9-23-12-18)10-16(2)21(20)22(24)25/h3-12,14,25H,13H2,1-2H3. The number of rotatable bonds is 3. The zero-order valence-electron chi connectivity index (χ0n) is 14.4. The molecule has 0 atom stereocenters. The van der Waals surface area contributed by atoms with Crippen molar-refractivity contribution < 1.29 is 5.11 Å². The fraction of sp³-hybridized carbons (Fsp3) is 0.136. The van der Waals surface area contributed by atoms with Crippen molar-refractivity contribution >= 4 is 10.8 Å². The van der Waals surface area contributed by atoms with Gasteiger partial charge in [0.05, 0.1) is 6.54 Å². The lowest BCUT2D eigenvalue weighted by Gasteiger charge is -2.06. The van der Waals surface area contributed by atoms with Crippen LogP contribution >= 0.6 is 0 Å². The molecule has 0 fully saturated rings. The van der Waals surface area contributed by atoms with Gasteiger partial charge in [-0.15, -0.1) is 0 Å². The number of aromatic nitrogens is 2. The van der Waals surface area contributed by atoms with Crippen LogP contribution in [0.5, 0.6) is 5.88 Å². The smallest absolute Gasteiger partial charge is 0.199 e. The summed E-state index contributed by atoms with van der Waals surface area (Å²) in [7, 11) is 0. The Kier molecular flexibility index (Phi) is 3.77. The van der Waals surface area contributed by atoms with E-state index in [0.29, 0.717) is 12.4 Å². The largest absolute Gasteiger partial charge is 0.494 e. The van der Waals surface area contributed by atoms with Crippen LogP contribution in [0.15, 0.2) is 67.1 Å². The normalized spacial score (nSPS) is 11.1. The molecule has 25 heavy (non-hydrogen) atoms. The number of hydrogen-bond acceptors (Lipinski definition) is 2. The molecule has 0 spiro atoms. The minimum absolute atomic E-state index is 0.325. The van der Waals surface area contributed by atoms with E-state index in [1.807, 2.05) is 30.0 Å². The fourth-order valence-corrected chi connectivity index (χ4v) is 3.31. The minimum Gasteiger partial charge on any atom is -0.494 e. The summed E-state index contributed by atoms with van der Waals surface area (Å²) in [4.78, 5) is 4.20. The number of hydrogen-bond donors (Lipinski definition) is 1. The lowest BCUT2D eigenvalue weighted by atomic mass is 10.0. The Bertz CT molecular complexity index is 1030. The molecule has 124 valence electrons. The number of aromatic hydroxyl groups is 1. The van der Waals surface area contributed by atoms with Crippen LogP contribution in [0.25, 0.3) is 21.9 Å². The fourth-order valence-electron chi connectivity index (χ4n) is 3.31. The summed E-state index contributed by atoms with van der Waals surface area (Å²) in [5, 5.41) is 12.7. The van der Waals surface area contributed by atoms with E-state index >= 15 is 0 Å². The number of benzene rings is 2. The highest BCUT2D eigenvalue weighted by atomic mass is 16.3. The van der Waals surface area contributed by atoms with Gasteiger partial charge in [0.25, 0.3) is 0 Å². The Labute approximate surface area is 147 Å². The van der Waals surface area contributed by atoms with Crippen molar-refractivity contribution in [2.45, 2.75) is 20.4 Å². The summed E-state index contributed by atoms with van der Waals surface area (Å²) in [5.74, 6) is 0.325. The van der Waals surface area contributed by atoms with Gasteiger partial charge in [-0.25, -0.2) is 0 Å². The molecule has 0 saturated carbocycles. The first-order valence-electron chi connectivity index (χ1n) is 8.40. The lowest BCUT2D eigenvalue weighted by molar-refractivity contribution is 0.430. The van der Waals surface area contributed by atoms with Crippen LogP contribution in [0.4, 0.5) is 0 Å². The van der Waals surface area contributed by atoms with Gasteiger partial charge in [0.2, 0.25) is 0 Å². The molecule has 0 radical (unpaired) electrons. The predicted molar refractivity (Wildman–Crippen MR) is 102 cm³/mol. The Balaban J connectivity index is 1.78. The SMILES string of the molecule is Cc1ccc(Cn2cc3cc(-c4cccnc4)cc(C)c3c2O)cc1.